The first-order chi connectivity index (χ1) is 11.8. The van der Waals surface area contributed by atoms with Crippen molar-refractivity contribution in [1.29, 1.82) is 0 Å². The predicted molar refractivity (Wildman–Crippen MR) is 91.8 cm³/mol. The molecule has 0 aliphatic carbocycles. The van der Waals surface area contributed by atoms with Gasteiger partial charge >= 0.3 is 5.97 Å². The van der Waals surface area contributed by atoms with Gasteiger partial charge in [-0.3, -0.25) is 4.31 Å². The molecule has 132 valence electrons. The van der Waals surface area contributed by atoms with Gasteiger partial charge in [-0.15, -0.1) is 0 Å². The summed E-state index contributed by atoms with van der Waals surface area (Å²) in [5.41, 5.74) is 1.53. The van der Waals surface area contributed by atoms with Gasteiger partial charge in [-0.1, -0.05) is 12.1 Å². The van der Waals surface area contributed by atoms with Crippen molar-refractivity contribution >= 4 is 21.7 Å². The quantitative estimate of drug-likeness (QED) is 0.786. The van der Waals surface area contributed by atoms with Gasteiger partial charge in [-0.25, -0.2) is 17.6 Å². The van der Waals surface area contributed by atoms with E-state index in [4.69, 9.17) is 4.74 Å². The number of sulfonamides is 1. The number of carbonyl (C=O) groups is 1. The highest BCUT2D eigenvalue weighted by atomic mass is 32.2. The van der Waals surface area contributed by atoms with Crippen molar-refractivity contribution in [1.82, 2.24) is 0 Å². The summed E-state index contributed by atoms with van der Waals surface area (Å²) in [6.45, 7) is 3.79. The van der Waals surface area contributed by atoms with E-state index >= 15 is 0 Å². The molecular weight excluding hydrogens is 345 g/mol. The Bertz CT molecular complexity index is 940. The van der Waals surface area contributed by atoms with Crippen LogP contribution < -0.4 is 4.31 Å². The zero-order chi connectivity index (χ0) is 18.2. The van der Waals surface area contributed by atoms with Crippen LogP contribution in [-0.4, -0.2) is 27.5 Å². The average molecular weight is 363 g/mol. The van der Waals surface area contributed by atoms with E-state index in [1.165, 1.54) is 12.1 Å². The van der Waals surface area contributed by atoms with Crippen LogP contribution in [0.25, 0.3) is 0 Å². The van der Waals surface area contributed by atoms with Crippen LogP contribution in [0, 0.1) is 12.7 Å². The number of rotatable bonds is 3. The number of anilines is 1. The summed E-state index contributed by atoms with van der Waals surface area (Å²) in [7, 11) is -3.85. The molecule has 2 aromatic carbocycles. The Morgan fingerprint density at radius 3 is 2.68 bits per heavy atom. The van der Waals surface area contributed by atoms with Crippen LogP contribution in [0.2, 0.25) is 0 Å². The number of carbonyl (C=O) groups excluding carboxylic acids is 1. The van der Waals surface area contributed by atoms with Crippen LogP contribution in [0.3, 0.4) is 0 Å². The smallest absolute Gasteiger partial charge is 0.338 e. The van der Waals surface area contributed by atoms with E-state index in [1.54, 1.807) is 19.1 Å². The highest BCUT2D eigenvalue weighted by Crippen LogP contribution is 2.33. The highest BCUT2D eigenvalue weighted by Gasteiger charge is 2.33. The van der Waals surface area contributed by atoms with E-state index < -0.39 is 21.8 Å². The molecule has 0 spiro atoms. The Kier molecular flexibility index (Phi) is 4.51. The molecule has 1 aliphatic rings. The summed E-state index contributed by atoms with van der Waals surface area (Å²) in [5, 5.41) is 0. The zero-order valence-corrected chi connectivity index (χ0v) is 14.8. The number of esters is 1. The van der Waals surface area contributed by atoms with Crippen LogP contribution in [0.5, 0.6) is 0 Å². The summed E-state index contributed by atoms with van der Waals surface area (Å²) < 4.78 is 46.2. The van der Waals surface area contributed by atoms with Crippen LogP contribution in [0.4, 0.5) is 10.1 Å². The van der Waals surface area contributed by atoms with E-state index in [0.717, 1.165) is 21.5 Å². The Labute approximate surface area is 146 Å². The molecule has 0 saturated heterocycles. The lowest BCUT2D eigenvalue weighted by Gasteiger charge is -2.30. The molecule has 0 bridgehead atoms. The monoisotopic (exact) mass is 363 g/mol. The molecular formula is C18H18FNO4S. The molecule has 1 aliphatic heterocycles. The van der Waals surface area contributed by atoms with E-state index in [0.29, 0.717) is 6.42 Å². The average Bonchev–Trinajstić information content (AvgIpc) is 2.56. The molecule has 0 radical (unpaired) electrons. The number of halogens is 1. The van der Waals surface area contributed by atoms with Gasteiger partial charge in [0.25, 0.3) is 10.0 Å². The first-order valence-corrected chi connectivity index (χ1v) is 9.37. The summed E-state index contributed by atoms with van der Waals surface area (Å²) >= 11 is 0. The van der Waals surface area contributed by atoms with Gasteiger partial charge in [0.2, 0.25) is 0 Å². The van der Waals surface area contributed by atoms with Crippen molar-refractivity contribution in [2.45, 2.75) is 25.2 Å². The molecule has 1 heterocycles. The number of aryl methyl sites for hydroxylation is 1. The minimum atomic E-state index is -3.85. The van der Waals surface area contributed by atoms with Crippen molar-refractivity contribution in [2.24, 2.45) is 0 Å². The molecule has 0 amide bonds. The molecule has 25 heavy (non-hydrogen) atoms. The fourth-order valence-corrected chi connectivity index (χ4v) is 4.68. The van der Waals surface area contributed by atoms with Crippen LogP contribution >= 0.6 is 0 Å². The standard InChI is InChI=1S/C18H18FNO4S/c1-3-24-18(21)14-6-7-16(15(19)11-14)20-9-8-13-5-4-12(2)10-17(13)25(20,22)23/h4-7,10-11H,3,8-9H2,1-2H3. The fraction of sp³-hybridized carbons (Fsp3) is 0.278. The zero-order valence-electron chi connectivity index (χ0n) is 14.0. The SMILES string of the molecule is CCOC(=O)c1ccc(N2CCc3ccc(C)cc3S2(=O)=O)c(F)c1. The van der Waals surface area contributed by atoms with Crippen LogP contribution in [0.15, 0.2) is 41.3 Å². The highest BCUT2D eigenvalue weighted by molar-refractivity contribution is 7.93. The molecule has 2 aromatic rings. The Morgan fingerprint density at radius 1 is 1.24 bits per heavy atom. The number of hydrogen-bond acceptors (Lipinski definition) is 4. The number of hydrogen-bond donors (Lipinski definition) is 0. The normalized spacial score (nSPS) is 15.6. The van der Waals surface area contributed by atoms with Gasteiger partial charge < -0.3 is 4.74 Å². The third-order valence-corrected chi connectivity index (χ3v) is 6.00. The summed E-state index contributed by atoms with van der Waals surface area (Å²) in [6, 6.07) is 8.94. The fourth-order valence-electron chi connectivity index (χ4n) is 2.87. The third-order valence-electron chi connectivity index (χ3n) is 4.10. The van der Waals surface area contributed by atoms with Gasteiger partial charge in [0.1, 0.15) is 5.82 Å². The van der Waals surface area contributed by atoms with E-state index in [1.807, 2.05) is 13.0 Å². The first kappa shape index (κ1) is 17.4. The lowest BCUT2D eigenvalue weighted by Crippen LogP contribution is -2.38. The molecule has 0 N–H and O–H groups in total. The molecule has 0 aromatic heterocycles. The van der Waals surface area contributed by atoms with E-state index in [-0.39, 0.29) is 29.3 Å². The molecule has 7 heteroatoms. The Morgan fingerprint density at radius 2 is 2.00 bits per heavy atom. The van der Waals surface area contributed by atoms with Crippen LogP contribution in [0.1, 0.15) is 28.4 Å². The largest absolute Gasteiger partial charge is 0.462 e. The lowest BCUT2D eigenvalue weighted by atomic mass is 10.1. The second kappa shape index (κ2) is 6.48. The maximum atomic E-state index is 14.5. The lowest BCUT2D eigenvalue weighted by molar-refractivity contribution is 0.0526. The van der Waals surface area contributed by atoms with Crippen molar-refractivity contribution < 1.29 is 22.3 Å². The molecule has 3 rings (SSSR count). The number of nitrogens with zero attached hydrogens (tertiary/aromatic N) is 1. The van der Waals surface area contributed by atoms with Crippen molar-refractivity contribution in [3.63, 3.8) is 0 Å². The topological polar surface area (TPSA) is 63.7 Å². The minimum Gasteiger partial charge on any atom is -0.462 e. The Hall–Kier alpha value is -2.41. The number of ether oxygens (including phenoxy) is 1. The first-order valence-electron chi connectivity index (χ1n) is 7.93. The number of fused-ring (bicyclic) bond motifs is 1. The molecule has 5 nitrogen and oxygen atoms in total. The van der Waals surface area contributed by atoms with E-state index in [9.17, 15) is 17.6 Å². The van der Waals surface area contributed by atoms with Crippen molar-refractivity contribution in [2.75, 3.05) is 17.5 Å². The van der Waals surface area contributed by atoms with Gasteiger partial charge in [0, 0.05) is 6.54 Å². The van der Waals surface area contributed by atoms with Crippen LogP contribution in [-0.2, 0) is 21.2 Å². The summed E-state index contributed by atoms with van der Waals surface area (Å²) in [5.74, 6) is -1.42. The van der Waals surface area contributed by atoms with Crippen molar-refractivity contribution in [3.05, 3.63) is 58.9 Å². The predicted octanol–water partition coefficient (Wildman–Crippen LogP) is 3.06. The van der Waals surface area contributed by atoms with Gasteiger partial charge in [-0.2, -0.15) is 0 Å². The second-order valence-electron chi connectivity index (χ2n) is 5.83. The maximum Gasteiger partial charge on any atom is 0.338 e. The minimum absolute atomic E-state index is 0.0498. The third kappa shape index (κ3) is 3.11. The number of benzene rings is 2. The van der Waals surface area contributed by atoms with Gasteiger partial charge in [0.05, 0.1) is 22.8 Å². The maximum absolute atomic E-state index is 14.5. The summed E-state index contributed by atoms with van der Waals surface area (Å²) in [6.07, 6.45) is 0.494. The molecule has 0 fully saturated rings. The Balaban J connectivity index is 2.02. The molecule has 0 saturated carbocycles. The molecule has 0 atom stereocenters. The van der Waals surface area contributed by atoms with Gasteiger partial charge in [0.15, 0.2) is 0 Å². The second-order valence-corrected chi connectivity index (χ2v) is 7.66. The molecule has 0 unspecified atom stereocenters. The van der Waals surface area contributed by atoms with Gasteiger partial charge in [-0.05, 0) is 55.7 Å². The summed E-state index contributed by atoms with van der Waals surface area (Å²) in [4.78, 5) is 11.9. The van der Waals surface area contributed by atoms with E-state index in [2.05, 4.69) is 0 Å². The van der Waals surface area contributed by atoms with Crippen molar-refractivity contribution in [3.8, 4) is 0 Å².